The zero-order valence-corrected chi connectivity index (χ0v) is 12.4. The summed E-state index contributed by atoms with van der Waals surface area (Å²) < 4.78 is 5.80. The highest BCUT2D eigenvalue weighted by Crippen LogP contribution is 2.31. The van der Waals surface area contributed by atoms with Crippen molar-refractivity contribution in [3.05, 3.63) is 53.1 Å². The van der Waals surface area contributed by atoms with Crippen molar-refractivity contribution in [1.82, 2.24) is 0 Å². The number of nitrogens with zero attached hydrogens (tertiary/aromatic N) is 1. The fourth-order valence-corrected chi connectivity index (χ4v) is 2.07. The van der Waals surface area contributed by atoms with E-state index in [0.717, 1.165) is 17.0 Å². The number of alkyl halides is 1. The molecule has 0 spiro atoms. The topological polar surface area (TPSA) is 12.5 Å². The molecule has 0 aliphatic heterocycles. The van der Waals surface area contributed by atoms with Crippen molar-refractivity contribution in [2.24, 2.45) is 0 Å². The molecule has 0 bridgehead atoms. The van der Waals surface area contributed by atoms with E-state index in [0.29, 0.717) is 16.7 Å². The Morgan fingerprint density at radius 2 is 1.89 bits per heavy atom. The van der Waals surface area contributed by atoms with Crippen molar-refractivity contribution in [2.45, 2.75) is 5.88 Å². The second kappa shape index (κ2) is 6.18. The van der Waals surface area contributed by atoms with Crippen molar-refractivity contribution in [2.75, 3.05) is 19.0 Å². The van der Waals surface area contributed by atoms with Crippen molar-refractivity contribution in [1.29, 1.82) is 0 Å². The predicted molar refractivity (Wildman–Crippen MR) is 81.9 cm³/mol. The maximum absolute atomic E-state index is 6.17. The molecule has 0 N–H and O–H groups in total. The second-order valence-corrected chi connectivity index (χ2v) is 5.07. The van der Waals surface area contributed by atoms with Crippen molar-refractivity contribution in [3.63, 3.8) is 0 Å². The minimum atomic E-state index is 0.441. The average Bonchev–Trinajstić information content (AvgIpc) is 2.41. The van der Waals surface area contributed by atoms with Crippen LogP contribution >= 0.6 is 23.2 Å². The second-order valence-electron chi connectivity index (χ2n) is 4.39. The molecule has 2 nitrogen and oxygen atoms in total. The SMILES string of the molecule is CN(C)c1cccc(Oc2ccc(CCl)cc2Cl)c1. The summed E-state index contributed by atoms with van der Waals surface area (Å²) in [6.45, 7) is 0. The molecule has 0 amide bonds. The van der Waals surface area contributed by atoms with Gasteiger partial charge in [-0.15, -0.1) is 11.6 Å². The Kier molecular flexibility index (Phi) is 4.56. The van der Waals surface area contributed by atoms with Gasteiger partial charge in [0.2, 0.25) is 0 Å². The minimum absolute atomic E-state index is 0.441. The molecule has 2 aromatic carbocycles. The molecule has 0 saturated carbocycles. The van der Waals surface area contributed by atoms with E-state index in [1.54, 1.807) is 0 Å². The van der Waals surface area contributed by atoms with Gasteiger partial charge in [0.15, 0.2) is 0 Å². The van der Waals surface area contributed by atoms with Gasteiger partial charge < -0.3 is 9.64 Å². The van der Waals surface area contributed by atoms with Crippen molar-refractivity contribution in [3.8, 4) is 11.5 Å². The summed E-state index contributed by atoms with van der Waals surface area (Å²) in [4.78, 5) is 2.02. The highest BCUT2D eigenvalue weighted by Gasteiger charge is 2.05. The summed E-state index contributed by atoms with van der Waals surface area (Å²) in [6, 6.07) is 13.4. The Morgan fingerprint density at radius 3 is 2.53 bits per heavy atom. The molecule has 0 saturated heterocycles. The first-order valence-corrected chi connectivity index (χ1v) is 6.81. The predicted octanol–water partition coefficient (Wildman–Crippen LogP) is 4.94. The van der Waals surface area contributed by atoms with E-state index in [1.165, 1.54) is 0 Å². The summed E-state index contributed by atoms with van der Waals surface area (Å²) in [5.41, 5.74) is 2.05. The van der Waals surface area contributed by atoms with Gasteiger partial charge in [-0.3, -0.25) is 0 Å². The molecule has 4 heteroatoms. The molecular weight excluding hydrogens is 281 g/mol. The molecule has 2 aromatic rings. The Balaban J connectivity index is 2.23. The normalized spacial score (nSPS) is 10.3. The van der Waals surface area contributed by atoms with Crippen molar-refractivity contribution >= 4 is 28.9 Å². The molecule has 2 rings (SSSR count). The van der Waals surface area contributed by atoms with Crippen LogP contribution in [-0.4, -0.2) is 14.1 Å². The van der Waals surface area contributed by atoms with Crippen molar-refractivity contribution < 1.29 is 4.74 Å². The van der Waals surface area contributed by atoms with Gasteiger partial charge in [0.1, 0.15) is 11.5 Å². The van der Waals surface area contributed by atoms with E-state index >= 15 is 0 Å². The first-order valence-electron chi connectivity index (χ1n) is 5.90. The number of anilines is 1. The quantitative estimate of drug-likeness (QED) is 0.741. The summed E-state index contributed by atoms with van der Waals surface area (Å²) in [5.74, 6) is 1.83. The number of halogens is 2. The third kappa shape index (κ3) is 3.55. The van der Waals surface area contributed by atoms with Crippen LogP contribution in [0, 0.1) is 0 Å². The monoisotopic (exact) mass is 295 g/mol. The number of hydrogen-bond acceptors (Lipinski definition) is 2. The van der Waals surface area contributed by atoms with Crippen LogP contribution in [0.2, 0.25) is 5.02 Å². The number of hydrogen-bond donors (Lipinski definition) is 0. The third-order valence-corrected chi connectivity index (χ3v) is 3.32. The zero-order chi connectivity index (χ0) is 13.8. The molecule has 0 aliphatic rings. The lowest BCUT2D eigenvalue weighted by molar-refractivity contribution is 0.483. The molecule has 0 aliphatic carbocycles. The maximum Gasteiger partial charge on any atom is 0.146 e. The van der Waals surface area contributed by atoms with Crippen LogP contribution in [0.3, 0.4) is 0 Å². The highest BCUT2D eigenvalue weighted by molar-refractivity contribution is 6.32. The first kappa shape index (κ1) is 14.0. The summed E-state index contributed by atoms with van der Waals surface area (Å²) in [5, 5.41) is 0.563. The van der Waals surface area contributed by atoms with Crippen LogP contribution in [0.1, 0.15) is 5.56 Å². The van der Waals surface area contributed by atoms with Gasteiger partial charge in [-0.25, -0.2) is 0 Å². The van der Waals surface area contributed by atoms with E-state index < -0.39 is 0 Å². The average molecular weight is 296 g/mol. The standard InChI is InChI=1S/C15H15Cl2NO/c1-18(2)12-4-3-5-13(9-12)19-15-7-6-11(10-16)8-14(15)17/h3-9H,10H2,1-2H3. The highest BCUT2D eigenvalue weighted by atomic mass is 35.5. The summed E-state index contributed by atoms with van der Waals surface area (Å²) in [7, 11) is 3.97. The smallest absolute Gasteiger partial charge is 0.146 e. The summed E-state index contributed by atoms with van der Waals surface area (Å²) >= 11 is 11.9. The zero-order valence-electron chi connectivity index (χ0n) is 10.9. The minimum Gasteiger partial charge on any atom is -0.456 e. The molecule has 0 fully saturated rings. The molecule has 19 heavy (non-hydrogen) atoms. The van der Waals surface area contributed by atoms with Gasteiger partial charge in [0.25, 0.3) is 0 Å². The third-order valence-electron chi connectivity index (χ3n) is 2.71. The molecule has 0 atom stereocenters. The van der Waals surface area contributed by atoms with E-state index in [4.69, 9.17) is 27.9 Å². The largest absolute Gasteiger partial charge is 0.456 e. The van der Waals surface area contributed by atoms with Crippen LogP contribution in [-0.2, 0) is 5.88 Å². The van der Waals surface area contributed by atoms with Crippen LogP contribution in [0.4, 0.5) is 5.69 Å². The Labute approximate surface area is 123 Å². The molecule has 0 unspecified atom stereocenters. The lowest BCUT2D eigenvalue weighted by Gasteiger charge is -2.14. The fourth-order valence-electron chi connectivity index (χ4n) is 1.66. The maximum atomic E-state index is 6.17. The van der Waals surface area contributed by atoms with Crippen LogP contribution in [0.15, 0.2) is 42.5 Å². The summed E-state index contributed by atoms with van der Waals surface area (Å²) in [6.07, 6.45) is 0. The molecule has 0 heterocycles. The van der Waals surface area contributed by atoms with E-state index in [9.17, 15) is 0 Å². The van der Waals surface area contributed by atoms with Crippen LogP contribution in [0.25, 0.3) is 0 Å². The fraction of sp³-hybridized carbons (Fsp3) is 0.200. The van der Waals surface area contributed by atoms with E-state index in [1.807, 2.05) is 61.5 Å². The number of rotatable bonds is 4. The van der Waals surface area contributed by atoms with E-state index in [2.05, 4.69) is 0 Å². The molecule has 0 aromatic heterocycles. The van der Waals surface area contributed by atoms with Gasteiger partial charge in [-0.2, -0.15) is 0 Å². The van der Waals surface area contributed by atoms with Gasteiger partial charge in [0.05, 0.1) is 5.02 Å². The lowest BCUT2D eigenvalue weighted by Crippen LogP contribution is -2.08. The molecular formula is C15H15Cl2NO. The van der Waals surface area contributed by atoms with Gasteiger partial charge in [-0.1, -0.05) is 23.7 Å². The lowest BCUT2D eigenvalue weighted by atomic mass is 10.2. The Morgan fingerprint density at radius 1 is 1.11 bits per heavy atom. The van der Waals surface area contributed by atoms with Crippen LogP contribution < -0.4 is 9.64 Å². The van der Waals surface area contributed by atoms with Crippen LogP contribution in [0.5, 0.6) is 11.5 Å². The van der Waals surface area contributed by atoms with E-state index in [-0.39, 0.29) is 0 Å². The number of ether oxygens (including phenoxy) is 1. The van der Waals surface area contributed by atoms with Gasteiger partial charge in [-0.05, 0) is 29.8 Å². The number of benzene rings is 2. The first-order chi connectivity index (χ1) is 9.10. The Hall–Kier alpha value is -1.38. The van der Waals surface area contributed by atoms with Gasteiger partial charge in [0, 0.05) is 31.7 Å². The molecule has 0 radical (unpaired) electrons. The van der Waals surface area contributed by atoms with Gasteiger partial charge >= 0.3 is 0 Å². The Bertz CT molecular complexity index is 570. The molecule has 100 valence electrons.